The average Bonchev–Trinajstić information content (AvgIpc) is 3.34. The highest BCUT2D eigenvalue weighted by molar-refractivity contribution is 14.0. The highest BCUT2D eigenvalue weighted by Gasteiger charge is 2.31. The van der Waals surface area contributed by atoms with Gasteiger partial charge in [-0.05, 0) is 32.6 Å². The minimum Gasteiger partial charge on any atom is -0.356 e. The van der Waals surface area contributed by atoms with E-state index in [1.807, 2.05) is 7.05 Å². The summed E-state index contributed by atoms with van der Waals surface area (Å²) < 4.78 is 0. The summed E-state index contributed by atoms with van der Waals surface area (Å²) in [6.45, 7) is 12.3. The number of nitrogens with zero attached hydrogens (tertiary/aromatic N) is 4. The molecule has 3 heterocycles. The quantitative estimate of drug-likeness (QED) is 0.353. The highest BCUT2D eigenvalue weighted by atomic mass is 127. The molecule has 2 aliphatic rings. The van der Waals surface area contributed by atoms with Gasteiger partial charge in [0.1, 0.15) is 0 Å². The minimum atomic E-state index is 0. The van der Waals surface area contributed by atoms with Crippen LogP contribution in [0.25, 0.3) is 0 Å². The van der Waals surface area contributed by atoms with Crippen molar-refractivity contribution in [1.82, 2.24) is 20.5 Å². The van der Waals surface area contributed by atoms with Crippen LogP contribution in [0.1, 0.15) is 39.3 Å². The second-order valence-electron chi connectivity index (χ2n) is 7.84. The number of nitrogens with one attached hydrogen (secondary N) is 2. The Morgan fingerprint density at radius 3 is 2.70 bits per heavy atom. The Kier molecular flexibility index (Phi) is 9.07. The maximum atomic E-state index is 4.80. The second kappa shape index (κ2) is 10.8. The van der Waals surface area contributed by atoms with Crippen molar-refractivity contribution in [3.05, 3.63) is 11.1 Å². The fourth-order valence-corrected chi connectivity index (χ4v) is 4.67. The van der Waals surface area contributed by atoms with Crippen molar-refractivity contribution in [3.63, 3.8) is 0 Å². The predicted octanol–water partition coefficient (Wildman–Crippen LogP) is 2.80. The van der Waals surface area contributed by atoms with Crippen molar-refractivity contribution in [1.29, 1.82) is 0 Å². The van der Waals surface area contributed by atoms with Gasteiger partial charge in [-0.3, -0.25) is 9.89 Å². The topological polar surface area (TPSA) is 55.8 Å². The number of anilines is 1. The first-order valence-electron chi connectivity index (χ1n) is 9.97. The first-order valence-corrected chi connectivity index (χ1v) is 10.9. The van der Waals surface area contributed by atoms with E-state index in [0.29, 0.717) is 18.0 Å². The van der Waals surface area contributed by atoms with Crippen LogP contribution in [0.5, 0.6) is 0 Å². The molecule has 2 saturated heterocycles. The van der Waals surface area contributed by atoms with Gasteiger partial charge in [0.05, 0.1) is 5.69 Å². The molecule has 2 aliphatic heterocycles. The van der Waals surface area contributed by atoms with E-state index < -0.39 is 0 Å². The molecule has 154 valence electrons. The summed E-state index contributed by atoms with van der Waals surface area (Å²) in [7, 11) is 1.85. The average molecular weight is 507 g/mol. The Morgan fingerprint density at radius 2 is 2.07 bits per heavy atom. The van der Waals surface area contributed by atoms with Gasteiger partial charge in [-0.25, -0.2) is 4.98 Å². The summed E-state index contributed by atoms with van der Waals surface area (Å²) in [4.78, 5) is 14.1. The zero-order valence-electron chi connectivity index (χ0n) is 17.1. The Bertz CT molecular complexity index is 599. The number of rotatable bonds is 6. The van der Waals surface area contributed by atoms with Crippen molar-refractivity contribution < 1.29 is 0 Å². The standard InChI is InChI=1S/C19H34N6S.HI/c1-14(2)25-11-15(3)17(12-25)23-18(20-4)21-8-7-16-13-26-19(22-16)24-9-5-6-10-24;/h13-15,17H,5-12H2,1-4H3,(H2,20,21,23);1H. The number of aliphatic imine (C=N–C) groups is 1. The first kappa shape index (κ1) is 22.7. The van der Waals surface area contributed by atoms with Gasteiger partial charge in [-0.2, -0.15) is 0 Å². The lowest BCUT2D eigenvalue weighted by molar-refractivity contribution is 0.265. The van der Waals surface area contributed by atoms with Crippen molar-refractivity contribution in [2.75, 3.05) is 44.7 Å². The fraction of sp³-hybridized carbons (Fsp3) is 0.789. The number of thiazole rings is 1. The molecule has 0 radical (unpaired) electrons. The molecule has 8 heteroatoms. The molecule has 0 aliphatic carbocycles. The van der Waals surface area contributed by atoms with Gasteiger partial charge >= 0.3 is 0 Å². The molecule has 1 aromatic heterocycles. The van der Waals surface area contributed by atoms with Crippen LogP contribution < -0.4 is 15.5 Å². The van der Waals surface area contributed by atoms with Crippen LogP contribution in [0.4, 0.5) is 5.13 Å². The maximum absolute atomic E-state index is 4.80. The molecule has 27 heavy (non-hydrogen) atoms. The molecule has 3 rings (SSSR count). The molecule has 6 nitrogen and oxygen atoms in total. The van der Waals surface area contributed by atoms with Crippen molar-refractivity contribution in [2.45, 2.75) is 52.1 Å². The molecule has 2 unspecified atom stereocenters. The number of aromatic nitrogens is 1. The molecule has 0 bridgehead atoms. The zero-order chi connectivity index (χ0) is 18.5. The zero-order valence-corrected chi connectivity index (χ0v) is 20.2. The molecule has 2 fully saturated rings. The van der Waals surface area contributed by atoms with E-state index in [2.05, 4.69) is 51.6 Å². The molecule has 0 amide bonds. The Balaban J connectivity index is 0.00000261. The molecule has 0 saturated carbocycles. The van der Waals surface area contributed by atoms with Crippen molar-refractivity contribution in [3.8, 4) is 0 Å². The molecular weight excluding hydrogens is 471 g/mol. The van der Waals surface area contributed by atoms with Crippen LogP contribution >= 0.6 is 35.3 Å². The van der Waals surface area contributed by atoms with Gasteiger partial charge in [0, 0.05) is 63.7 Å². The molecule has 2 N–H and O–H groups in total. The molecule has 2 atom stereocenters. The molecule has 0 aromatic carbocycles. The highest BCUT2D eigenvalue weighted by Crippen LogP contribution is 2.24. The fourth-order valence-electron chi connectivity index (χ4n) is 3.76. The first-order chi connectivity index (χ1) is 12.6. The predicted molar refractivity (Wildman–Crippen MR) is 127 cm³/mol. The number of guanidine groups is 1. The number of halogens is 1. The van der Waals surface area contributed by atoms with Crippen molar-refractivity contribution >= 4 is 46.4 Å². The monoisotopic (exact) mass is 506 g/mol. The van der Waals surface area contributed by atoms with Gasteiger partial charge in [0.15, 0.2) is 11.1 Å². The van der Waals surface area contributed by atoms with Crippen LogP contribution in [0.2, 0.25) is 0 Å². The second-order valence-corrected chi connectivity index (χ2v) is 8.68. The van der Waals surface area contributed by atoms with E-state index in [9.17, 15) is 0 Å². The van der Waals surface area contributed by atoms with Crippen LogP contribution in [-0.2, 0) is 6.42 Å². The largest absolute Gasteiger partial charge is 0.356 e. The lowest BCUT2D eigenvalue weighted by Crippen LogP contribution is -2.47. The SMILES string of the molecule is CN=C(NCCc1csc(N2CCCC2)n1)NC1CN(C(C)C)CC1C.I. The maximum Gasteiger partial charge on any atom is 0.191 e. The van der Waals surface area contributed by atoms with Gasteiger partial charge in [-0.1, -0.05) is 6.92 Å². The normalized spacial score (nSPS) is 23.7. The van der Waals surface area contributed by atoms with Crippen LogP contribution in [0.3, 0.4) is 0 Å². The molecular formula is C19H35IN6S. The summed E-state index contributed by atoms with van der Waals surface area (Å²) in [5.74, 6) is 1.54. The number of hydrogen-bond donors (Lipinski definition) is 2. The van der Waals surface area contributed by atoms with E-state index in [-0.39, 0.29) is 24.0 Å². The lowest BCUT2D eigenvalue weighted by atomic mass is 10.1. The molecule has 1 aromatic rings. The smallest absolute Gasteiger partial charge is 0.191 e. The summed E-state index contributed by atoms with van der Waals surface area (Å²) in [5, 5.41) is 10.5. The summed E-state index contributed by atoms with van der Waals surface area (Å²) in [6.07, 6.45) is 3.53. The minimum absolute atomic E-state index is 0. The Labute approximate surface area is 185 Å². The van der Waals surface area contributed by atoms with Crippen LogP contribution in [0, 0.1) is 5.92 Å². The summed E-state index contributed by atoms with van der Waals surface area (Å²) >= 11 is 1.78. The Hall–Kier alpha value is -0.610. The Morgan fingerprint density at radius 1 is 1.33 bits per heavy atom. The molecule has 0 spiro atoms. The van der Waals surface area contributed by atoms with E-state index >= 15 is 0 Å². The van der Waals surface area contributed by atoms with Gasteiger partial charge < -0.3 is 15.5 Å². The van der Waals surface area contributed by atoms with Crippen LogP contribution in [-0.4, -0.2) is 67.7 Å². The third-order valence-electron chi connectivity index (χ3n) is 5.51. The van der Waals surface area contributed by atoms with Crippen LogP contribution in [0.15, 0.2) is 10.4 Å². The summed E-state index contributed by atoms with van der Waals surface area (Å²) in [5.41, 5.74) is 1.18. The van der Waals surface area contributed by atoms with E-state index in [1.165, 1.54) is 23.7 Å². The van der Waals surface area contributed by atoms with E-state index in [1.54, 1.807) is 11.3 Å². The number of likely N-dealkylation sites (tertiary alicyclic amines) is 1. The summed E-state index contributed by atoms with van der Waals surface area (Å²) in [6, 6.07) is 1.07. The number of hydrogen-bond acceptors (Lipinski definition) is 5. The van der Waals surface area contributed by atoms with Gasteiger partial charge in [-0.15, -0.1) is 35.3 Å². The third-order valence-corrected chi connectivity index (χ3v) is 6.46. The van der Waals surface area contributed by atoms with Gasteiger partial charge in [0.25, 0.3) is 0 Å². The van der Waals surface area contributed by atoms with E-state index in [4.69, 9.17) is 4.98 Å². The van der Waals surface area contributed by atoms with Crippen molar-refractivity contribution in [2.24, 2.45) is 10.9 Å². The van der Waals surface area contributed by atoms with Gasteiger partial charge in [0.2, 0.25) is 0 Å². The third kappa shape index (κ3) is 6.19. The lowest BCUT2D eigenvalue weighted by Gasteiger charge is -2.21. The van der Waals surface area contributed by atoms with E-state index in [0.717, 1.165) is 45.1 Å².